The van der Waals surface area contributed by atoms with Crippen LogP contribution in [0, 0.1) is 0 Å². The number of hydrogen-bond donors (Lipinski definition) is 2. The summed E-state index contributed by atoms with van der Waals surface area (Å²) in [6.45, 7) is 0.836. The molecule has 0 radical (unpaired) electrons. The molecule has 6 heteroatoms. The summed E-state index contributed by atoms with van der Waals surface area (Å²) >= 11 is 0. The van der Waals surface area contributed by atoms with Crippen LogP contribution in [0.1, 0.15) is 11.1 Å². The predicted molar refractivity (Wildman–Crippen MR) is 85.1 cm³/mol. The van der Waals surface area contributed by atoms with E-state index < -0.39 is 6.09 Å². The normalized spacial score (nSPS) is 10.6. The molecule has 0 unspecified atom stereocenters. The summed E-state index contributed by atoms with van der Waals surface area (Å²) < 4.78 is 0. The molecule has 0 aliphatic heterocycles. The predicted octanol–water partition coefficient (Wildman–Crippen LogP) is 2.32. The van der Waals surface area contributed by atoms with Gasteiger partial charge in [-0.15, -0.1) is 0 Å². The number of hydroxylamine groups is 2. The maximum Gasteiger partial charge on any atom is 0.429 e. The molecule has 0 aliphatic rings. The molecule has 4 N–H and O–H groups in total. The van der Waals surface area contributed by atoms with Crippen molar-refractivity contribution >= 4 is 18.1 Å². The van der Waals surface area contributed by atoms with Crippen LogP contribution >= 0.6 is 0 Å². The van der Waals surface area contributed by atoms with Crippen molar-refractivity contribution in [3.63, 3.8) is 0 Å². The van der Waals surface area contributed by atoms with Crippen LogP contribution in [0.25, 0.3) is 0 Å². The van der Waals surface area contributed by atoms with Gasteiger partial charge in [0.2, 0.25) is 0 Å². The highest BCUT2D eigenvalue weighted by Crippen LogP contribution is 2.13. The lowest BCUT2D eigenvalue weighted by molar-refractivity contribution is -0.0325. The number of amides is 1. The maximum absolute atomic E-state index is 11.0. The van der Waals surface area contributed by atoms with Gasteiger partial charge in [-0.25, -0.2) is 9.79 Å². The van der Waals surface area contributed by atoms with Crippen LogP contribution in [0.5, 0.6) is 0 Å². The van der Waals surface area contributed by atoms with Gasteiger partial charge in [-0.1, -0.05) is 42.5 Å². The van der Waals surface area contributed by atoms with Crippen molar-refractivity contribution in [1.82, 2.24) is 5.06 Å². The smallest absolute Gasteiger partial charge is 0.333 e. The number of aliphatic imine (C=N–C) groups is 1. The molecule has 2 aromatic rings. The van der Waals surface area contributed by atoms with Crippen LogP contribution in [0.15, 0.2) is 59.6 Å². The van der Waals surface area contributed by atoms with Crippen LogP contribution in [0.4, 0.5) is 10.5 Å². The Morgan fingerprint density at radius 3 is 2.36 bits per heavy atom. The summed E-state index contributed by atoms with van der Waals surface area (Å²) in [6, 6.07) is 17.0. The van der Waals surface area contributed by atoms with Crippen molar-refractivity contribution in [2.75, 3.05) is 0 Å². The van der Waals surface area contributed by atoms with Crippen molar-refractivity contribution in [3.05, 3.63) is 65.7 Å². The highest BCUT2D eigenvalue weighted by atomic mass is 16.7. The molecule has 22 heavy (non-hydrogen) atoms. The van der Waals surface area contributed by atoms with Gasteiger partial charge in [0.15, 0.2) is 0 Å². The van der Waals surface area contributed by atoms with E-state index in [0.717, 1.165) is 16.8 Å². The van der Waals surface area contributed by atoms with E-state index in [4.69, 9.17) is 16.3 Å². The Kier molecular flexibility index (Phi) is 5.50. The molecule has 0 saturated heterocycles. The molecular formula is C16H18N4O2. The van der Waals surface area contributed by atoms with Gasteiger partial charge in [0.25, 0.3) is 0 Å². The van der Waals surface area contributed by atoms with Gasteiger partial charge in [0, 0.05) is 6.54 Å². The largest absolute Gasteiger partial charge is 0.429 e. The number of nitrogens with two attached hydrogens (primary N) is 2. The molecule has 0 atom stereocenters. The maximum atomic E-state index is 11.0. The minimum absolute atomic E-state index is 0.355. The second-order valence-corrected chi connectivity index (χ2v) is 4.59. The molecule has 1 amide bonds. The SMILES string of the molecule is NCc1ccc(N=CN(Cc2ccccc2)OC(N)=O)cc1. The van der Waals surface area contributed by atoms with Crippen molar-refractivity contribution in [1.29, 1.82) is 0 Å². The number of carbonyl (C=O) groups is 1. The first kappa shape index (κ1) is 15.5. The zero-order valence-corrected chi connectivity index (χ0v) is 12.1. The molecular weight excluding hydrogens is 280 g/mol. The molecule has 2 aromatic carbocycles. The Hall–Kier alpha value is -2.86. The third-order valence-electron chi connectivity index (χ3n) is 2.90. The molecule has 2 rings (SSSR count). The van der Waals surface area contributed by atoms with E-state index in [2.05, 4.69) is 4.99 Å². The first-order valence-electron chi connectivity index (χ1n) is 6.78. The van der Waals surface area contributed by atoms with Gasteiger partial charge < -0.3 is 16.3 Å². The highest BCUT2D eigenvalue weighted by molar-refractivity contribution is 5.67. The van der Waals surface area contributed by atoms with Crippen LogP contribution < -0.4 is 11.5 Å². The first-order valence-corrected chi connectivity index (χ1v) is 6.78. The van der Waals surface area contributed by atoms with E-state index in [0.29, 0.717) is 13.1 Å². The fourth-order valence-corrected chi connectivity index (χ4v) is 1.82. The number of rotatable bonds is 6. The van der Waals surface area contributed by atoms with E-state index in [1.54, 1.807) is 0 Å². The average Bonchev–Trinajstić information content (AvgIpc) is 2.53. The number of primary amides is 1. The lowest BCUT2D eigenvalue weighted by Gasteiger charge is -2.16. The third kappa shape index (κ3) is 4.92. The van der Waals surface area contributed by atoms with E-state index in [-0.39, 0.29) is 0 Å². The average molecular weight is 298 g/mol. The van der Waals surface area contributed by atoms with Gasteiger partial charge in [-0.05, 0) is 23.3 Å². The second kappa shape index (κ2) is 7.80. The molecule has 0 aromatic heterocycles. The zero-order chi connectivity index (χ0) is 15.8. The second-order valence-electron chi connectivity index (χ2n) is 4.59. The Labute approximate surface area is 129 Å². The Balaban J connectivity index is 2.07. The van der Waals surface area contributed by atoms with Crippen LogP contribution in [0.3, 0.4) is 0 Å². The summed E-state index contributed by atoms with van der Waals surface area (Å²) in [5.74, 6) is 0. The molecule has 6 nitrogen and oxygen atoms in total. The number of hydrogen-bond acceptors (Lipinski definition) is 4. The molecule has 114 valence electrons. The van der Waals surface area contributed by atoms with Gasteiger partial charge in [-0.3, -0.25) is 0 Å². The van der Waals surface area contributed by atoms with Crippen molar-refractivity contribution in [2.24, 2.45) is 16.5 Å². The molecule has 0 heterocycles. The van der Waals surface area contributed by atoms with Gasteiger partial charge in [0.1, 0.15) is 6.34 Å². The number of carbonyl (C=O) groups excluding carboxylic acids is 1. The Morgan fingerprint density at radius 1 is 1.09 bits per heavy atom. The van der Waals surface area contributed by atoms with Crippen LogP contribution in [-0.4, -0.2) is 17.5 Å². The van der Waals surface area contributed by atoms with Gasteiger partial charge in [-0.2, -0.15) is 5.06 Å². The van der Waals surface area contributed by atoms with Gasteiger partial charge in [0.05, 0.1) is 12.2 Å². The van der Waals surface area contributed by atoms with Crippen LogP contribution in [-0.2, 0) is 17.9 Å². The highest BCUT2D eigenvalue weighted by Gasteiger charge is 2.06. The van der Waals surface area contributed by atoms with Crippen molar-refractivity contribution < 1.29 is 9.63 Å². The van der Waals surface area contributed by atoms with Gasteiger partial charge >= 0.3 is 6.09 Å². The lowest BCUT2D eigenvalue weighted by Crippen LogP contribution is -2.28. The summed E-state index contributed by atoms with van der Waals surface area (Å²) in [6.07, 6.45) is 0.538. The fourth-order valence-electron chi connectivity index (χ4n) is 1.82. The standard InChI is InChI=1S/C16H18N4O2/c17-10-13-6-8-15(9-7-13)19-12-20(22-16(18)21)11-14-4-2-1-3-5-14/h1-9,12H,10-11,17H2,(H2,18,21). The van der Waals surface area contributed by atoms with E-state index in [9.17, 15) is 4.79 Å². The summed E-state index contributed by atoms with van der Waals surface area (Å²) in [7, 11) is 0. The van der Waals surface area contributed by atoms with Crippen LogP contribution in [0.2, 0.25) is 0 Å². The van der Waals surface area contributed by atoms with E-state index >= 15 is 0 Å². The van der Waals surface area contributed by atoms with E-state index in [1.165, 1.54) is 11.4 Å². The number of benzene rings is 2. The monoisotopic (exact) mass is 298 g/mol. The third-order valence-corrected chi connectivity index (χ3v) is 2.90. The Morgan fingerprint density at radius 2 is 1.77 bits per heavy atom. The topological polar surface area (TPSA) is 93.9 Å². The minimum atomic E-state index is -0.888. The molecule has 0 fully saturated rings. The fraction of sp³-hybridized carbons (Fsp3) is 0.125. The molecule has 0 aliphatic carbocycles. The molecule has 0 spiro atoms. The lowest BCUT2D eigenvalue weighted by atomic mass is 10.2. The molecule has 0 saturated carbocycles. The zero-order valence-electron chi connectivity index (χ0n) is 12.1. The summed E-state index contributed by atoms with van der Waals surface area (Å²) in [5.41, 5.74) is 13.3. The summed E-state index contributed by atoms with van der Waals surface area (Å²) in [5, 5.41) is 1.29. The summed E-state index contributed by atoms with van der Waals surface area (Å²) in [4.78, 5) is 20.2. The van der Waals surface area contributed by atoms with Crippen molar-refractivity contribution in [3.8, 4) is 0 Å². The minimum Gasteiger partial charge on any atom is -0.333 e. The molecule has 0 bridgehead atoms. The quantitative estimate of drug-likeness (QED) is 0.486. The first-order chi connectivity index (χ1) is 10.7. The van der Waals surface area contributed by atoms with Crippen molar-refractivity contribution in [2.45, 2.75) is 13.1 Å². The number of nitrogens with zero attached hydrogens (tertiary/aromatic N) is 2. The van der Waals surface area contributed by atoms with E-state index in [1.807, 2.05) is 54.6 Å². The Bertz CT molecular complexity index is 626.